The third-order valence-electron chi connectivity index (χ3n) is 12.8. The van der Waals surface area contributed by atoms with Crippen molar-refractivity contribution in [3.05, 3.63) is 174 Å². The molecule has 1 radical (unpaired) electrons. The third-order valence-corrected chi connectivity index (χ3v) is 14.8. The van der Waals surface area contributed by atoms with Crippen LogP contribution in [0.25, 0.3) is 66.9 Å². The number of imidazole rings is 1. The molecule has 333 valence electrons. The van der Waals surface area contributed by atoms with Gasteiger partial charge in [-0.15, -0.1) is 59.2 Å². The van der Waals surface area contributed by atoms with Gasteiger partial charge < -0.3 is 14.1 Å². The van der Waals surface area contributed by atoms with Gasteiger partial charge in [-0.3, -0.25) is 4.98 Å². The molecule has 1 aliphatic carbocycles. The van der Waals surface area contributed by atoms with Crippen molar-refractivity contribution >= 4 is 46.1 Å². The summed E-state index contributed by atoms with van der Waals surface area (Å²) in [4.78, 5) is 9.86. The molecular weight excluding hydrogens is 985 g/mol. The standard InChI is InChI=1S/C37H32N3.C22H30NSi.Ir/c1-24(2)28-16-12-17-29(25(3)4)36(28)40-35-20-11-9-18-32(35)38-37(40)26-21-22-34-31(23-26)30-15-8-10-19-33(30)39(34)27-13-6-5-7-14-27;1-17-10-12-19(13-11-17)21-15-20(14-18-8-6-5-7-9-18)22(16-23-21)24(2,3)4;/h5-20,22-25H,1-4H3;10-12,15-16,18H,5-9,14H2,1-4H3;/q2*-1;/i;1D3,14D2;. The molecule has 6 heteroatoms. The molecule has 3 aromatic heterocycles. The number of rotatable bonds is 9. The third kappa shape index (κ3) is 9.50. The zero-order valence-corrected chi connectivity index (χ0v) is 42.1. The Kier molecular flexibility index (Phi) is 12.0. The first-order chi connectivity index (χ1) is 32.9. The molecule has 1 aliphatic rings. The van der Waals surface area contributed by atoms with Crippen molar-refractivity contribution in [3.8, 4) is 34.0 Å². The minimum atomic E-state index is -2.16. The molecule has 10 rings (SSSR count). The Morgan fingerprint density at radius 1 is 0.692 bits per heavy atom. The molecule has 1 saturated carbocycles. The van der Waals surface area contributed by atoms with Crippen LogP contribution in [0.3, 0.4) is 0 Å². The smallest absolute Gasteiger partial charge is 0.0798 e. The van der Waals surface area contributed by atoms with Crippen LogP contribution >= 0.6 is 0 Å². The maximum absolute atomic E-state index is 9.03. The molecule has 1 fully saturated rings. The maximum atomic E-state index is 9.03. The quantitative estimate of drug-likeness (QED) is 0.107. The fraction of sp³-hybridized carbons (Fsp3) is 0.288. The van der Waals surface area contributed by atoms with E-state index in [-0.39, 0.29) is 31.6 Å². The van der Waals surface area contributed by atoms with Crippen LogP contribution in [-0.4, -0.2) is 27.2 Å². The Labute approximate surface area is 408 Å². The number of pyridine rings is 1. The van der Waals surface area contributed by atoms with Gasteiger partial charge in [-0.25, -0.2) is 0 Å². The van der Waals surface area contributed by atoms with Gasteiger partial charge in [-0.2, -0.15) is 0 Å². The van der Waals surface area contributed by atoms with Gasteiger partial charge in [0.05, 0.1) is 24.9 Å². The van der Waals surface area contributed by atoms with E-state index in [2.05, 4.69) is 183 Å². The molecule has 65 heavy (non-hydrogen) atoms. The Morgan fingerprint density at radius 3 is 2.05 bits per heavy atom. The largest absolute Gasteiger partial charge is 0.351 e. The van der Waals surface area contributed by atoms with Crippen LogP contribution in [0.4, 0.5) is 0 Å². The molecule has 3 heterocycles. The van der Waals surface area contributed by atoms with Gasteiger partial charge in [0.1, 0.15) is 0 Å². The second-order valence-electron chi connectivity index (χ2n) is 19.0. The molecule has 0 bridgehead atoms. The molecule has 0 spiro atoms. The summed E-state index contributed by atoms with van der Waals surface area (Å²) >= 11 is 0. The first-order valence-electron chi connectivity index (χ1n) is 25.6. The maximum Gasteiger partial charge on any atom is 0.0798 e. The van der Waals surface area contributed by atoms with Crippen molar-refractivity contribution in [2.24, 2.45) is 5.92 Å². The van der Waals surface area contributed by atoms with Crippen LogP contribution in [0.1, 0.15) is 101 Å². The predicted molar refractivity (Wildman–Crippen MR) is 274 cm³/mol. The van der Waals surface area contributed by atoms with Crippen molar-refractivity contribution in [1.29, 1.82) is 0 Å². The second-order valence-corrected chi connectivity index (χ2v) is 24.1. The molecular formula is C59H62IrN4Si-2. The Hall–Kier alpha value is -5.39. The molecule has 6 aromatic carbocycles. The van der Waals surface area contributed by atoms with E-state index in [1.807, 2.05) is 12.3 Å². The van der Waals surface area contributed by atoms with Crippen molar-refractivity contribution in [2.75, 3.05) is 0 Å². The summed E-state index contributed by atoms with van der Waals surface area (Å²) < 4.78 is 45.4. The Balaban J connectivity index is 0.000000196. The Morgan fingerprint density at radius 2 is 1.37 bits per heavy atom. The summed E-state index contributed by atoms with van der Waals surface area (Å²) in [5.41, 5.74) is 12.9. The van der Waals surface area contributed by atoms with E-state index in [1.54, 1.807) is 12.1 Å². The van der Waals surface area contributed by atoms with E-state index in [4.69, 9.17) is 11.8 Å². The Bertz CT molecular complexity index is 3240. The van der Waals surface area contributed by atoms with Gasteiger partial charge in [-0.1, -0.05) is 170 Å². The first-order valence-corrected chi connectivity index (χ1v) is 26.6. The molecule has 0 amide bonds. The van der Waals surface area contributed by atoms with Crippen LogP contribution < -0.4 is 5.19 Å². The number of hydrogen-bond donors (Lipinski definition) is 0. The summed E-state index contributed by atoms with van der Waals surface area (Å²) in [6.07, 6.45) is 5.68. The van der Waals surface area contributed by atoms with Gasteiger partial charge in [-0.05, 0) is 87.4 Å². The van der Waals surface area contributed by atoms with Gasteiger partial charge in [0, 0.05) is 50.0 Å². The van der Waals surface area contributed by atoms with E-state index < -0.39 is 21.3 Å². The van der Waals surface area contributed by atoms with Crippen LogP contribution in [0.2, 0.25) is 19.6 Å². The monoisotopic (exact) mass is 1050 g/mol. The number of benzene rings is 6. The minimum absolute atomic E-state index is 0. The second kappa shape index (κ2) is 19.6. The zero-order valence-electron chi connectivity index (χ0n) is 43.7. The number of nitrogens with zero attached hydrogens (tertiary/aromatic N) is 4. The predicted octanol–water partition coefficient (Wildman–Crippen LogP) is 15.4. The summed E-state index contributed by atoms with van der Waals surface area (Å²) in [6, 6.07) is 52.3. The summed E-state index contributed by atoms with van der Waals surface area (Å²) in [6.45, 7) is 13.6. The molecule has 0 atom stereocenters. The summed E-state index contributed by atoms with van der Waals surface area (Å²) in [5, 5.41) is 3.49. The van der Waals surface area contributed by atoms with Crippen LogP contribution in [0, 0.1) is 24.9 Å². The fourth-order valence-electron chi connectivity index (χ4n) is 9.47. The molecule has 0 aliphatic heterocycles. The average molecular weight is 1050 g/mol. The SMILES string of the molecule is CC(C)c1cccc(C(C)C)c1-n1c(-c2[c-]cc3c(c2)c2ccccc2n3-c2ccccc2)nc2ccccc21.[2H]C([2H])([2H])c1c[c-]c(-c2cc(C([2H])([2H])C3CCCCC3)c([Si](C)(C)C)cn2)cc1.[Ir]. The first kappa shape index (κ1) is 39.9. The number of aryl methyl sites for hydroxylation is 1. The molecule has 9 aromatic rings. The topological polar surface area (TPSA) is 35.6 Å². The molecule has 0 unspecified atom stereocenters. The van der Waals surface area contributed by atoms with E-state index >= 15 is 0 Å². The van der Waals surface area contributed by atoms with Crippen LogP contribution in [0.5, 0.6) is 0 Å². The van der Waals surface area contributed by atoms with Gasteiger partial charge in [0.25, 0.3) is 0 Å². The van der Waals surface area contributed by atoms with E-state index in [0.717, 1.165) is 70.1 Å². The number of para-hydroxylation sites is 5. The van der Waals surface area contributed by atoms with Gasteiger partial charge >= 0.3 is 0 Å². The molecule has 4 nitrogen and oxygen atoms in total. The minimum Gasteiger partial charge on any atom is -0.351 e. The summed E-state index contributed by atoms with van der Waals surface area (Å²) in [5.74, 6) is 1.70. The van der Waals surface area contributed by atoms with Crippen molar-refractivity contribution in [1.82, 2.24) is 19.1 Å². The van der Waals surface area contributed by atoms with Crippen molar-refractivity contribution in [3.63, 3.8) is 0 Å². The number of aromatic nitrogens is 4. The number of hydrogen-bond acceptors (Lipinski definition) is 2. The molecule has 0 saturated heterocycles. The van der Waals surface area contributed by atoms with Crippen molar-refractivity contribution < 1.29 is 27.0 Å². The summed E-state index contributed by atoms with van der Waals surface area (Å²) in [7, 11) is -1.80. The number of fused-ring (bicyclic) bond motifs is 4. The molecule has 0 N–H and O–H groups in total. The van der Waals surface area contributed by atoms with Gasteiger partial charge in [0.15, 0.2) is 0 Å². The van der Waals surface area contributed by atoms with Gasteiger partial charge in [0.2, 0.25) is 0 Å². The normalized spacial score (nSPS) is 14.9. The van der Waals surface area contributed by atoms with Crippen LogP contribution in [0.15, 0.2) is 140 Å². The average Bonchev–Trinajstić information content (AvgIpc) is 3.89. The van der Waals surface area contributed by atoms with E-state index in [0.29, 0.717) is 23.1 Å². The van der Waals surface area contributed by atoms with Crippen LogP contribution in [-0.2, 0) is 26.5 Å². The van der Waals surface area contributed by atoms with Crippen molar-refractivity contribution in [2.45, 2.75) is 105 Å². The zero-order chi connectivity index (χ0) is 48.8. The van der Waals surface area contributed by atoms with E-state index in [1.165, 1.54) is 45.6 Å². The van der Waals surface area contributed by atoms with E-state index in [9.17, 15) is 0 Å². The fourth-order valence-corrected chi connectivity index (χ4v) is 10.9.